The fourth-order valence-corrected chi connectivity index (χ4v) is 1.66. The number of oxazole rings is 1. The monoisotopic (exact) mass is 222 g/mol. The lowest BCUT2D eigenvalue weighted by atomic mass is 10.2. The zero-order valence-electron chi connectivity index (χ0n) is 8.93. The van der Waals surface area contributed by atoms with Crippen molar-refractivity contribution >= 4 is 11.2 Å². The molecule has 0 fully saturated rings. The van der Waals surface area contributed by atoms with Gasteiger partial charge in [-0.3, -0.25) is 4.57 Å². The van der Waals surface area contributed by atoms with Crippen LogP contribution in [0.2, 0.25) is 0 Å². The number of aliphatic hydroxyl groups is 1. The molecule has 0 atom stereocenters. The highest BCUT2D eigenvalue weighted by molar-refractivity contribution is 5.67. The zero-order valence-corrected chi connectivity index (χ0v) is 8.93. The van der Waals surface area contributed by atoms with Crippen molar-refractivity contribution in [1.29, 1.82) is 0 Å². The molecule has 0 aliphatic rings. The summed E-state index contributed by atoms with van der Waals surface area (Å²) in [6.45, 7) is 0.780. The minimum atomic E-state index is -0.363. The predicted octanol–water partition coefficient (Wildman–Crippen LogP) is 1.15. The van der Waals surface area contributed by atoms with Crippen LogP contribution in [-0.2, 0) is 6.54 Å². The number of fused-ring (bicyclic) bond motifs is 1. The van der Waals surface area contributed by atoms with Crippen molar-refractivity contribution in [3.8, 4) is 0 Å². The van der Waals surface area contributed by atoms with Crippen LogP contribution in [0.4, 0.5) is 0 Å². The molecule has 2 rings (SSSR count). The molecule has 0 radical (unpaired) electrons. The summed E-state index contributed by atoms with van der Waals surface area (Å²) in [5, 5.41) is 8.65. The Morgan fingerprint density at radius 2 is 2.25 bits per heavy atom. The van der Waals surface area contributed by atoms with Gasteiger partial charge in [0, 0.05) is 19.3 Å². The molecule has 0 bridgehead atoms. The third-order valence-corrected chi connectivity index (χ3v) is 2.46. The Bertz CT molecular complexity index is 515. The molecule has 1 N–H and O–H groups in total. The van der Waals surface area contributed by atoms with E-state index < -0.39 is 0 Å². The van der Waals surface area contributed by atoms with Crippen LogP contribution < -0.4 is 5.76 Å². The Morgan fingerprint density at radius 3 is 3.06 bits per heavy atom. The van der Waals surface area contributed by atoms with Crippen LogP contribution in [0, 0.1) is 0 Å². The first-order valence-electron chi connectivity index (χ1n) is 5.38. The van der Waals surface area contributed by atoms with E-state index in [2.05, 4.69) is 4.98 Å². The van der Waals surface area contributed by atoms with Gasteiger partial charge in [0.15, 0.2) is 11.2 Å². The molecule has 5 nitrogen and oxygen atoms in total. The van der Waals surface area contributed by atoms with E-state index in [-0.39, 0.29) is 12.4 Å². The molecule has 0 aliphatic heterocycles. The molecule has 0 saturated carbocycles. The highest BCUT2D eigenvalue weighted by Crippen LogP contribution is 2.09. The first-order valence-corrected chi connectivity index (χ1v) is 5.38. The van der Waals surface area contributed by atoms with Gasteiger partial charge in [-0.25, -0.2) is 9.78 Å². The minimum absolute atomic E-state index is 0.194. The molecule has 0 aromatic carbocycles. The standard InChI is InChI=1S/C11H14N2O3/c14-8-3-1-2-7-13-10-9(16-11(13)15)5-4-6-12-10/h4-6,14H,1-3,7-8H2. The van der Waals surface area contributed by atoms with Gasteiger partial charge in [0.25, 0.3) is 0 Å². The summed E-state index contributed by atoms with van der Waals surface area (Å²) in [7, 11) is 0. The normalized spacial score (nSPS) is 11.1. The summed E-state index contributed by atoms with van der Waals surface area (Å²) in [5.41, 5.74) is 1.12. The van der Waals surface area contributed by atoms with Gasteiger partial charge in [-0.15, -0.1) is 0 Å². The van der Waals surface area contributed by atoms with Crippen LogP contribution in [0.1, 0.15) is 19.3 Å². The van der Waals surface area contributed by atoms with Crippen LogP contribution in [-0.4, -0.2) is 21.3 Å². The molecular formula is C11H14N2O3. The lowest BCUT2D eigenvalue weighted by Crippen LogP contribution is -2.14. The number of unbranched alkanes of at least 4 members (excludes halogenated alkanes) is 2. The number of hydrogen-bond acceptors (Lipinski definition) is 4. The third kappa shape index (κ3) is 2.14. The van der Waals surface area contributed by atoms with Crippen molar-refractivity contribution in [2.45, 2.75) is 25.8 Å². The van der Waals surface area contributed by atoms with Crippen LogP contribution in [0.5, 0.6) is 0 Å². The van der Waals surface area contributed by atoms with Crippen molar-refractivity contribution in [2.75, 3.05) is 6.61 Å². The molecule has 2 aromatic rings. The Morgan fingerprint density at radius 1 is 1.38 bits per heavy atom. The van der Waals surface area contributed by atoms with E-state index in [0.717, 1.165) is 19.3 Å². The minimum Gasteiger partial charge on any atom is -0.406 e. The second-order valence-corrected chi connectivity index (χ2v) is 3.63. The van der Waals surface area contributed by atoms with E-state index in [1.807, 2.05) is 0 Å². The summed E-state index contributed by atoms with van der Waals surface area (Å²) in [6.07, 6.45) is 4.13. The molecule has 0 aliphatic carbocycles. The van der Waals surface area contributed by atoms with Gasteiger partial charge >= 0.3 is 5.76 Å². The first kappa shape index (κ1) is 10.9. The third-order valence-electron chi connectivity index (χ3n) is 2.46. The number of hydrogen-bond donors (Lipinski definition) is 1. The van der Waals surface area contributed by atoms with Gasteiger partial charge in [-0.1, -0.05) is 0 Å². The number of aryl methyl sites for hydroxylation is 1. The Labute approximate surface area is 92.3 Å². The number of rotatable bonds is 5. The van der Waals surface area contributed by atoms with E-state index in [9.17, 15) is 4.79 Å². The van der Waals surface area contributed by atoms with Gasteiger partial charge in [-0.05, 0) is 31.4 Å². The maximum Gasteiger partial charge on any atom is 0.421 e. The maximum absolute atomic E-state index is 11.5. The van der Waals surface area contributed by atoms with Crippen molar-refractivity contribution in [3.63, 3.8) is 0 Å². The van der Waals surface area contributed by atoms with Gasteiger partial charge in [0.2, 0.25) is 0 Å². The zero-order chi connectivity index (χ0) is 11.4. The van der Waals surface area contributed by atoms with Gasteiger partial charge in [-0.2, -0.15) is 0 Å². The van der Waals surface area contributed by atoms with Gasteiger partial charge < -0.3 is 9.52 Å². The molecular weight excluding hydrogens is 208 g/mol. The topological polar surface area (TPSA) is 68.3 Å². The molecule has 0 unspecified atom stereocenters. The molecule has 0 saturated heterocycles. The number of aliphatic hydroxyl groups excluding tert-OH is 1. The molecule has 2 aromatic heterocycles. The lowest BCUT2D eigenvalue weighted by molar-refractivity contribution is 0.281. The quantitative estimate of drug-likeness (QED) is 0.770. The largest absolute Gasteiger partial charge is 0.421 e. The van der Waals surface area contributed by atoms with Crippen LogP contribution in [0.25, 0.3) is 11.2 Å². The number of pyridine rings is 1. The fourth-order valence-electron chi connectivity index (χ4n) is 1.66. The average molecular weight is 222 g/mol. The predicted molar refractivity (Wildman–Crippen MR) is 59.2 cm³/mol. The molecule has 86 valence electrons. The number of nitrogens with zero attached hydrogens (tertiary/aromatic N) is 2. The van der Waals surface area contributed by atoms with Crippen LogP contribution >= 0.6 is 0 Å². The molecule has 0 spiro atoms. The molecule has 2 heterocycles. The maximum atomic E-state index is 11.5. The lowest BCUT2D eigenvalue weighted by Gasteiger charge is -2.00. The van der Waals surface area contributed by atoms with E-state index in [4.69, 9.17) is 9.52 Å². The smallest absolute Gasteiger partial charge is 0.406 e. The van der Waals surface area contributed by atoms with E-state index in [1.165, 1.54) is 4.57 Å². The molecule has 5 heteroatoms. The van der Waals surface area contributed by atoms with Crippen molar-refractivity contribution in [2.24, 2.45) is 0 Å². The average Bonchev–Trinajstić information content (AvgIpc) is 2.61. The summed E-state index contributed by atoms with van der Waals surface area (Å²) in [5.74, 6) is -0.363. The van der Waals surface area contributed by atoms with Crippen LogP contribution in [0.3, 0.4) is 0 Å². The fraction of sp³-hybridized carbons (Fsp3) is 0.455. The molecule has 0 amide bonds. The Kier molecular flexibility index (Phi) is 3.36. The number of aromatic nitrogens is 2. The second kappa shape index (κ2) is 4.94. The van der Waals surface area contributed by atoms with Crippen molar-refractivity contribution < 1.29 is 9.52 Å². The van der Waals surface area contributed by atoms with E-state index in [1.54, 1.807) is 18.3 Å². The first-order chi connectivity index (χ1) is 7.83. The molecule has 16 heavy (non-hydrogen) atoms. The second-order valence-electron chi connectivity index (χ2n) is 3.63. The summed E-state index contributed by atoms with van der Waals surface area (Å²) >= 11 is 0. The SMILES string of the molecule is O=c1oc2cccnc2n1CCCCCO. The van der Waals surface area contributed by atoms with E-state index >= 15 is 0 Å². The summed E-state index contributed by atoms with van der Waals surface area (Å²) in [4.78, 5) is 15.6. The van der Waals surface area contributed by atoms with Crippen LogP contribution in [0.15, 0.2) is 27.5 Å². The van der Waals surface area contributed by atoms with Crippen molar-refractivity contribution in [1.82, 2.24) is 9.55 Å². The van der Waals surface area contributed by atoms with E-state index in [0.29, 0.717) is 17.8 Å². The summed E-state index contributed by atoms with van der Waals surface area (Å²) in [6, 6.07) is 3.47. The highest BCUT2D eigenvalue weighted by Gasteiger charge is 2.08. The summed E-state index contributed by atoms with van der Waals surface area (Å²) < 4.78 is 6.59. The van der Waals surface area contributed by atoms with Gasteiger partial charge in [0.05, 0.1) is 0 Å². The highest BCUT2D eigenvalue weighted by atomic mass is 16.4. The Hall–Kier alpha value is -1.62. The Balaban J connectivity index is 2.16. The van der Waals surface area contributed by atoms with Gasteiger partial charge in [0.1, 0.15) is 0 Å². The van der Waals surface area contributed by atoms with Crippen molar-refractivity contribution in [3.05, 3.63) is 28.9 Å².